The van der Waals surface area contributed by atoms with Crippen molar-refractivity contribution < 1.29 is 0 Å². The summed E-state index contributed by atoms with van der Waals surface area (Å²) < 4.78 is 2.35. The van der Waals surface area contributed by atoms with Gasteiger partial charge in [-0.15, -0.1) is 0 Å². The SMILES string of the molecule is CC(CC1=CC([Si](C)(C)C)=CC1)C1c2cc(Br)ccc2-c2ccc(Br)cc21. The molecule has 140 valence electrons. The van der Waals surface area contributed by atoms with Crippen LogP contribution in [0.2, 0.25) is 19.6 Å². The molecule has 0 amide bonds. The number of hydrogen-bond acceptors (Lipinski definition) is 0. The van der Waals surface area contributed by atoms with Gasteiger partial charge in [0.1, 0.15) is 0 Å². The lowest BCUT2D eigenvalue weighted by Crippen LogP contribution is -2.21. The molecule has 1 atom stereocenters. The summed E-state index contributed by atoms with van der Waals surface area (Å²) in [6.45, 7) is 9.76. The van der Waals surface area contributed by atoms with Crippen molar-refractivity contribution in [3.8, 4) is 11.1 Å². The van der Waals surface area contributed by atoms with Crippen LogP contribution in [-0.2, 0) is 0 Å². The maximum atomic E-state index is 3.69. The van der Waals surface area contributed by atoms with Crippen LogP contribution in [0.5, 0.6) is 0 Å². The summed E-state index contributed by atoms with van der Waals surface area (Å²) in [4.78, 5) is 0. The zero-order valence-electron chi connectivity index (χ0n) is 16.4. The molecule has 27 heavy (non-hydrogen) atoms. The summed E-state index contributed by atoms with van der Waals surface area (Å²) in [5.74, 6) is 1.04. The van der Waals surface area contributed by atoms with Crippen molar-refractivity contribution in [3.63, 3.8) is 0 Å². The lowest BCUT2D eigenvalue weighted by atomic mass is 9.81. The van der Waals surface area contributed by atoms with Gasteiger partial charge in [-0.05, 0) is 65.3 Å². The van der Waals surface area contributed by atoms with Crippen molar-refractivity contribution in [1.82, 2.24) is 0 Å². The Morgan fingerprint density at radius 2 is 1.52 bits per heavy atom. The second-order valence-electron chi connectivity index (χ2n) is 9.04. The van der Waals surface area contributed by atoms with Gasteiger partial charge in [0.05, 0.1) is 8.07 Å². The van der Waals surface area contributed by atoms with Crippen LogP contribution in [0.4, 0.5) is 0 Å². The van der Waals surface area contributed by atoms with E-state index in [2.05, 4.69) is 107 Å². The van der Waals surface area contributed by atoms with Crippen LogP contribution in [-0.4, -0.2) is 8.07 Å². The quantitative estimate of drug-likeness (QED) is 0.368. The van der Waals surface area contributed by atoms with Crippen LogP contribution in [0, 0.1) is 5.92 Å². The minimum atomic E-state index is -1.21. The molecule has 0 aromatic heterocycles. The summed E-state index contributed by atoms with van der Waals surface area (Å²) in [6, 6.07) is 13.6. The number of hydrogen-bond donors (Lipinski definition) is 0. The van der Waals surface area contributed by atoms with E-state index < -0.39 is 8.07 Å². The molecule has 0 N–H and O–H groups in total. The summed E-state index contributed by atoms with van der Waals surface area (Å²) in [5, 5.41) is 1.63. The Labute approximate surface area is 181 Å². The average molecular weight is 502 g/mol. The first kappa shape index (κ1) is 19.4. The first-order valence-electron chi connectivity index (χ1n) is 9.73. The van der Waals surface area contributed by atoms with E-state index in [1.165, 1.54) is 37.6 Å². The van der Waals surface area contributed by atoms with Crippen molar-refractivity contribution in [2.45, 2.75) is 45.3 Å². The topological polar surface area (TPSA) is 0 Å². The smallest absolute Gasteiger partial charge is 0.0771 e. The molecule has 0 saturated heterocycles. The highest BCUT2D eigenvalue weighted by atomic mass is 79.9. The summed E-state index contributed by atoms with van der Waals surface area (Å²) in [6.07, 6.45) is 7.32. The fourth-order valence-corrected chi connectivity index (χ4v) is 6.74. The molecular weight excluding hydrogens is 476 g/mol. The highest BCUT2D eigenvalue weighted by Crippen LogP contribution is 2.51. The fraction of sp³-hybridized carbons (Fsp3) is 0.333. The molecule has 2 aliphatic carbocycles. The van der Waals surface area contributed by atoms with Gasteiger partial charge in [0.2, 0.25) is 0 Å². The van der Waals surface area contributed by atoms with Crippen molar-refractivity contribution in [2.24, 2.45) is 5.92 Å². The monoisotopic (exact) mass is 500 g/mol. The third kappa shape index (κ3) is 3.71. The zero-order chi connectivity index (χ0) is 19.3. The molecule has 0 aliphatic heterocycles. The van der Waals surface area contributed by atoms with Crippen molar-refractivity contribution in [3.05, 3.63) is 79.4 Å². The molecule has 2 aromatic rings. The van der Waals surface area contributed by atoms with Crippen molar-refractivity contribution in [2.75, 3.05) is 0 Å². The summed E-state index contributed by atoms with van der Waals surface area (Å²) in [7, 11) is -1.21. The Bertz CT molecular complexity index is 911. The van der Waals surface area contributed by atoms with E-state index in [1.54, 1.807) is 10.8 Å². The number of fused-ring (bicyclic) bond motifs is 3. The highest BCUT2D eigenvalue weighted by molar-refractivity contribution is 9.10. The van der Waals surface area contributed by atoms with Gasteiger partial charge in [-0.2, -0.15) is 0 Å². The Balaban J connectivity index is 1.68. The van der Waals surface area contributed by atoms with Gasteiger partial charge in [0.25, 0.3) is 0 Å². The minimum absolute atomic E-state index is 0.460. The lowest BCUT2D eigenvalue weighted by molar-refractivity contribution is 0.512. The Kier molecular flexibility index (Phi) is 5.15. The predicted molar refractivity (Wildman–Crippen MR) is 127 cm³/mol. The predicted octanol–water partition coefficient (Wildman–Crippen LogP) is 8.48. The molecule has 0 heterocycles. The molecule has 0 nitrogen and oxygen atoms in total. The fourth-order valence-electron chi connectivity index (χ4n) is 4.63. The molecule has 0 radical (unpaired) electrons. The third-order valence-electron chi connectivity index (χ3n) is 5.95. The normalized spacial score (nSPS) is 17.4. The van der Waals surface area contributed by atoms with Crippen LogP contribution < -0.4 is 0 Å². The Morgan fingerprint density at radius 3 is 2.00 bits per heavy atom. The Hall–Kier alpha value is -0.903. The van der Waals surface area contributed by atoms with E-state index in [1.807, 2.05) is 0 Å². The van der Waals surface area contributed by atoms with Crippen molar-refractivity contribution >= 4 is 39.9 Å². The third-order valence-corrected chi connectivity index (χ3v) is 9.02. The summed E-state index contributed by atoms with van der Waals surface area (Å²) in [5.41, 5.74) is 7.36. The van der Waals surface area contributed by atoms with Gasteiger partial charge < -0.3 is 0 Å². The van der Waals surface area contributed by atoms with Gasteiger partial charge in [0.15, 0.2) is 0 Å². The molecule has 0 fully saturated rings. The maximum absolute atomic E-state index is 3.69. The highest BCUT2D eigenvalue weighted by Gasteiger charge is 2.33. The molecule has 3 heteroatoms. The molecule has 0 bridgehead atoms. The minimum Gasteiger partial charge on any atom is -0.0812 e. The van der Waals surface area contributed by atoms with Gasteiger partial charge in [0, 0.05) is 14.9 Å². The van der Waals surface area contributed by atoms with Gasteiger partial charge in [-0.1, -0.05) is 93.5 Å². The second kappa shape index (κ2) is 7.17. The van der Waals surface area contributed by atoms with Crippen molar-refractivity contribution in [1.29, 1.82) is 0 Å². The van der Waals surface area contributed by atoms with E-state index in [4.69, 9.17) is 0 Å². The summed E-state index contributed by atoms with van der Waals surface area (Å²) >= 11 is 7.39. The largest absolute Gasteiger partial charge is 0.0812 e. The van der Waals surface area contributed by atoms with E-state index in [0.717, 1.165) is 6.42 Å². The first-order valence-corrected chi connectivity index (χ1v) is 14.8. The first-order chi connectivity index (χ1) is 12.7. The van der Waals surface area contributed by atoms with Crippen LogP contribution in [0.1, 0.15) is 36.8 Å². The average Bonchev–Trinajstić information content (AvgIpc) is 3.16. The molecule has 2 aliphatic rings. The number of benzene rings is 2. The van der Waals surface area contributed by atoms with Crippen LogP contribution in [0.25, 0.3) is 11.1 Å². The lowest BCUT2D eigenvalue weighted by Gasteiger charge is -2.23. The van der Waals surface area contributed by atoms with Gasteiger partial charge in [-0.25, -0.2) is 0 Å². The number of halogens is 2. The van der Waals surface area contributed by atoms with E-state index in [-0.39, 0.29) is 0 Å². The number of rotatable bonds is 4. The van der Waals surface area contributed by atoms with Crippen LogP contribution in [0.3, 0.4) is 0 Å². The number of allylic oxidation sites excluding steroid dienone is 4. The second-order valence-corrected chi connectivity index (χ2v) is 15.9. The Morgan fingerprint density at radius 1 is 0.963 bits per heavy atom. The van der Waals surface area contributed by atoms with Gasteiger partial charge in [-0.3, -0.25) is 0 Å². The molecule has 0 saturated carbocycles. The molecular formula is C24H26Br2Si. The molecule has 0 spiro atoms. The van der Waals surface area contributed by atoms with E-state index >= 15 is 0 Å². The van der Waals surface area contributed by atoms with Crippen LogP contribution >= 0.6 is 31.9 Å². The van der Waals surface area contributed by atoms with Gasteiger partial charge >= 0.3 is 0 Å². The molecule has 4 rings (SSSR count). The van der Waals surface area contributed by atoms with E-state index in [0.29, 0.717) is 11.8 Å². The maximum Gasteiger partial charge on any atom is 0.0771 e. The molecule has 1 unspecified atom stereocenters. The van der Waals surface area contributed by atoms with Crippen LogP contribution in [0.15, 0.2) is 68.3 Å². The van der Waals surface area contributed by atoms with E-state index in [9.17, 15) is 0 Å². The molecule has 2 aromatic carbocycles. The standard InChI is InChI=1S/C24H26Br2Si/c1-15(11-16-5-8-19(12-16)27(2,3)4)24-22-13-17(25)6-9-20(22)21-10-7-18(26)14-23(21)24/h6-10,12-15,24H,5,11H2,1-4H3. The zero-order valence-corrected chi connectivity index (χ0v) is 20.6.